The van der Waals surface area contributed by atoms with Gasteiger partial charge in [0, 0.05) is 38.4 Å². The van der Waals surface area contributed by atoms with E-state index in [4.69, 9.17) is 0 Å². The van der Waals surface area contributed by atoms with Crippen molar-refractivity contribution in [3.8, 4) is 0 Å². The molecule has 1 unspecified atom stereocenters. The van der Waals surface area contributed by atoms with Crippen LogP contribution in [0.15, 0.2) is 24.3 Å². The maximum atomic E-state index is 3.47. The molecule has 2 aliphatic heterocycles. The predicted molar refractivity (Wildman–Crippen MR) is 92.4 cm³/mol. The lowest BCUT2D eigenvalue weighted by Crippen LogP contribution is -2.42. The molecule has 0 aromatic heterocycles. The Bertz CT molecular complexity index is 445. The fraction of sp³-hybridized carbons (Fsp3) is 0.647. The standard InChI is InChI=1S/C17H27N3.ClH/c1-14-11-19(2)17-6-4-3-5-16(17)13-20(14)12-15-7-9-18-10-8-15;/h3-6,14-15,18H,7-13H2,1-2H3;1H. The summed E-state index contributed by atoms with van der Waals surface area (Å²) in [7, 11) is 2.23. The number of piperidine rings is 1. The maximum Gasteiger partial charge on any atom is 0.0409 e. The second kappa shape index (κ2) is 7.48. The van der Waals surface area contributed by atoms with E-state index in [0.29, 0.717) is 6.04 Å². The minimum atomic E-state index is 0. The van der Waals surface area contributed by atoms with Crippen LogP contribution in [0.1, 0.15) is 25.3 Å². The van der Waals surface area contributed by atoms with Crippen LogP contribution < -0.4 is 10.2 Å². The zero-order valence-corrected chi connectivity index (χ0v) is 14.0. The third kappa shape index (κ3) is 3.91. The molecule has 0 saturated carbocycles. The van der Waals surface area contributed by atoms with Crippen molar-refractivity contribution in [2.45, 2.75) is 32.4 Å². The number of hydrogen-bond acceptors (Lipinski definition) is 3. The molecule has 118 valence electrons. The molecule has 0 spiro atoms. The highest BCUT2D eigenvalue weighted by Gasteiger charge is 2.25. The van der Waals surface area contributed by atoms with E-state index in [0.717, 1.165) is 19.0 Å². The first-order valence-corrected chi connectivity index (χ1v) is 7.98. The molecule has 2 aliphatic rings. The lowest BCUT2D eigenvalue weighted by molar-refractivity contribution is 0.159. The molecule has 0 radical (unpaired) electrons. The zero-order chi connectivity index (χ0) is 13.9. The van der Waals surface area contributed by atoms with Crippen molar-refractivity contribution in [2.24, 2.45) is 5.92 Å². The number of nitrogens with zero attached hydrogens (tertiary/aromatic N) is 2. The number of fused-ring (bicyclic) bond motifs is 1. The van der Waals surface area contributed by atoms with Crippen LogP contribution in [0, 0.1) is 5.92 Å². The number of nitrogens with one attached hydrogen (secondary N) is 1. The molecule has 1 aromatic carbocycles. The number of para-hydroxylation sites is 1. The third-order valence-corrected chi connectivity index (χ3v) is 4.89. The van der Waals surface area contributed by atoms with Crippen molar-refractivity contribution in [1.29, 1.82) is 0 Å². The van der Waals surface area contributed by atoms with Crippen LogP contribution in [-0.2, 0) is 6.54 Å². The highest BCUT2D eigenvalue weighted by atomic mass is 35.5. The quantitative estimate of drug-likeness (QED) is 0.906. The van der Waals surface area contributed by atoms with Gasteiger partial charge in [-0.15, -0.1) is 12.4 Å². The summed E-state index contributed by atoms with van der Waals surface area (Å²) >= 11 is 0. The fourth-order valence-corrected chi connectivity index (χ4v) is 3.64. The Morgan fingerprint density at radius 1 is 1.19 bits per heavy atom. The lowest BCUT2D eigenvalue weighted by atomic mass is 9.96. The third-order valence-electron chi connectivity index (χ3n) is 4.89. The van der Waals surface area contributed by atoms with Gasteiger partial charge in [-0.3, -0.25) is 4.90 Å². The highest BCUT2D eigenvalue weighted by Crippen LogP contribution is 2.27. The minimum absolute atomic E-state index is 0. The van der Waals surface area contributed by atoms with E-state index in [1.54, 1.807) is 0 Å². The van der Waals surface area contributed by atoms with Crippen LogP contribution in [-0.4, -0.2) is 44.2 Å². The van der Waals surface area contributed by atoms with Gasteiger partial charge in [0.1, 0.15) is 0 Å². The Labute approximate surface area is 135 Å². The average Bonchev–Trinajstić information content (AvgIpc) is 2.58. The molecule has 1 atom stereocenters. The van der Waals surface area contributed by atoms with Crippen LogP contribution in [0.3, 0.4) is 0 Å². The van der Waals surface area contributed by atoms with Gasteiger partial charge in [-0.05, 0) is 50.4 Å². The molecule has 4 heteroatoms. The smallest absolute Gasteiger partial charge is 0.0409 e. The van der Waals surface area contributed by atoms with Crippen LogP contribution in [0.2, 0.25) is 0 Å². The molecule has 1 aromatic rings. The summed E-state index contributed by atoms with van der Waals surface area (Å²) in [6.07, 6.45) is 2.67. The normalized spacial score (nSPS) is 24.1. The summed E-state index contributed by atoms with van der Waals surface area (Å²) in [5.74, 6) is 0.870. The summed E-state index contributed by atoms with van der Waals surface area (Å²) < 4.78 is 0. The Morgan fingerprint density at radius 2 is 1.90 bits per heavy atom. The summed E-state index contributed by atoms with van der Waals surface area (Å²) in [5.41, 5.74) is 2.89. The molecular weight excluding hydrogens is 282 g/mol. The van der Waals surface area contributed by atoms with Crippen molar-refractivity contribution in [3.63, 3.8) is 0 Å². The number of likely N-dealkylation sites (N-methyl/N-ethyl adjacent to an activating group) is 1. The molecule has 1 fully saturated rings. The van der Waals surface area contributed by atoms with E-state index in [1.807, 2.05) is 0 Å². The summed E-state index contributed by atoms with van der Waals surface area (Å²) in [6.45, 7) is 8.26. The molecule has 3 nitrogen and oxygen atoms in total. The number of halogens is 1. The minimum Gasteiger partial charge on any atom is -0.373 e. The van der Waals surface area contributed by atoms with Crippen molar-refractivity contribution in [1.82, 2.24) is 10.2 Å². The molecule has 0 aliphatic carbocycles. The predicted octanol–water partition coefficient (Wildman–Crippen LogP) is 2.75. The molecule has 0 bridgehead atoms. The number of rotatable bonds is 2. The Hall–Kier alpha value is -0.770. The van der Waals surface area contributed by atoms with Gasteiger partial charge in [-0.25, -0.2) is 0 Å². The highest BCUT2D eigenvalue weighted by molar-refractivity contribution is 5.85. The van der Waals surface area contributed by atoms with Gasteiger partial charge in [0.05, 0.1) is 0 Å². The van der Waals surface area contributed by atoms with Gasteiger partial charge in [0.2, 0.25) is 0 Å². The first-order chi connectivity index (χ1) is 9.74. The lowest BCUT2D eigenvalue weighted by Gasteiger charge is -2.33. The zero-order valence-electron chi connectivity index (χ0n) is 13.2. The fourth-order valence-electron chi connectivity index (χ4n) is 3.64. The molecule has 1 saturated heterocycles. The first kappa shape index (κ1) is 16.6. The van der Waals surface area contributed by atoms with Crippen molar-refractivity contribution in [2.75, 3.05) is 38.1 Å². The van der Waals surface area contributed by atoms with Gasteiger partial charge < -0.3 is 10.2 Å². The Morgan fingerprint density at radius 3 is 2.67 bits per heavy atom. The summed E-state index contributed by atoms with van der Waals surface area (Å²) in [5, 5.41) is 3.47. The average molecular weight is 310 g/mol. The van der Waals surface area contributed by atoms with E-state index in [-0.39, 0.29) is 12.4 Å². The monoisotopic (exact) mass is 309 g/mol. The van der Waals surface area contributed by atoms with E-state index in [2.05, 4.69) is 53.4 Å². The largest absolute Gasteiger partial charge is 0.373 e. The van der Waals surface area contributed by atoms with Gasteiger partial charge in [-0.1, -0.05) is 18.2 Å². The van der Waals surface area contributed by atoms with E-state index >= 15 is 0 Å². The Balaban J connectivity index is 0.00000161. The Kier molecular flexibility index (Phi) is 5.91. The van der Waals surface area contributed by atoms with Crippen LogP contribution in [0.25, 0.3) is 0 Å². The number of benzene rings is 1. The molecular formula is C17H28ClN3. The molecule has 21 heavy (non-hydrogen) atoms. The van der Waals surface area contributed by atoms with Gasteiger partial charge >= 0.3 is 0 Å². The second-order valence-corrected chi connectivity index (χ2v) is 6.48. The summed E-state index contributed by atoms with van der Waals surface area (Å²) in [6, 6.07) is 9.51. The summed E-state index contributed by atoms with van der Waals surface area (Å²) in [4.78, 5) is 5.11. The van der Waals surface area contributed by atoms with Crippen molar-refractivity contribution < 1.29 is 0 Å². The molecule has 3 rings (SSSR count). The second-order valence-electron chi connectivity index (χ2n) is 6.48. The van der Waals surface area contributed by atoms with E-state index in [1.165, 1.54) is 43.7 Å². The van der Waals surface area contributed by atoms with E-state index in [9.17, 15) is 0 Å². The maximum absolute atomic E-state index is 3.47. The topological polar surface area (TPSA) is 18.5 Å². The number of anilines is 1. The number of hydrogen-bond donors (Lipinski definition) is 1. The van der Waals surface area contributed by atoms with Gasteiger partial charge in [0.15, 0.2) is 0 Å². The molecule has 1 N–H and O–H groups in total. The van der Waals surface area contributed by atoms with E-state index < -0.39 is 0 Å². The van der Waals surface area contributed by atoms with Crippen LogP contribution in [0.4, 0.5) is 5.69 Å². The van der Waals surface area contributed by atoms with Crippen LogP contribution in [0.5, 0.6) is 0 Å². The SMILES string of the molecule is CC1CN(C)c2ccccc2CN1CC1CCNCC1.Cl. The molecule has 0 amide bonds. The van der Waals surface area contributed by atoms with Crippen molar-refractivity contribution in [3.05, 3.63) is 29.8 Å². The molecule has 2 heterocycles. The van der Waals surface area contributed by atoms with Gasteiger partial charge in [-0.2, -0.15) is 0 Å². The van der Waals surface area contributed by atoms with Crippen LogP contribution >= 0.6 is 12.4 Å². The first-order valence-electron chi connectivity index (χ1n) is 7.98. The van der Waals surface area contributed by atoms with Gasteiger partial charge in [0.25, 0.3) is 0 Å². The van der Waals surface area contributed by atoms with Crippen molar-refractivity contribution >= 4 is 18.1 Å².